The number of hydrogen-bond acceptors (Lipinski definition) is 2. The summed E-state index contributed by atoms with van der Waals surface area (Å²) in [5.74, 6) is 0. The zero-order valence-electron chi connectivity index (χ0n) is 14.8. The Morgan fingerprint density at radius 3 is 1.32 bits per heavy atom. The van der Waals surface area contributed by atoms with E-state index in [-0.39, 0.29) is 58.0 Å². The van der Waals surface area contributed by atoms with Crippen LogP contribution in [0, 0.1) is 0 Å². The normalized spacial score (nSPS) is 11.4. The molecule has 0 aromatic carbocycles. The van der Waals surface area contributed by atoms with E-state index in [2.05, 4.69) is 11.4 Å². The standard InChI is InChI=1S/C16H35O4P.K/c1-2-3-4-5-6-7-8-9-10-11-12-13-14-15-16-20-21(17,18)19;/h2-16H2,1H3,(H2,17,18,19);. The SMILES string of the molecule is CCCCCCCCCCCCCCCCOP(=O)(O)O.[K]. The van der Waals surface area contributed by atoms with Crippen LogP contribution in [0.2, 0.25) is 0 Å². The summed E-state index contributed by atoms with van der Waals surface area (Å²) in [6.45, 7) is 2.42. The monoisotopic (exact) mass is 361 g/mol. The van der Waals surface area contributed by atoms with Crippen LogP contribution in [-0.4, -0.2) is 67.8 Å². The van der Waals surface area contributed by atoms with Gasteiger partial charge in [-0.05, 0) is 6.42 Å². The molecule has 0 amide bonds. The number of phosphoric acid groups is 1. The second kappa shape index (κ2) is 19.1. The fourth-order valence-electron chi connectivity index (χ4n) is 2.48. The molecule has 6 heteroatoms. The minimum atomic E-state index is -4.25. The minimum absolute atomic E-state index is 0. The summed E-state index contributed by atoms with van der Waals surface area (Å²) in [6.07, 6.45) is 17.8. The summed E-state index contributed by atoms with van der Waals surface area (Å²) < 4.78 is 14.8. The first-order valence-corrected chi connectivity index (χ1v) is 10.3. The first-order chi connectivity index (χ1) is 10.1. The topological polar surface area (TPSA) is 66.8 Å². The van der Waals surface area contributed by atoms with Gasteiger partial charge in [-0.25, -0.2) is 4.57 Å². The van der Waals surface area contributed by atoms with Gasteiger partial charge in [0.05, 0.1) is 6.61 Å². The molecule has 2 N–H and O–H groups in total. The van der Waals surface area contributed by atoms with Crippen LogP contribution in [0.15, 0.2) is 0 Å². The molecule has 0 aliphatic heterocycles. The van der Waals surface area contributed by atoms with Crippen molar-refractivity contribution >= 4 is 59.2 Å². The van der Waals surface area contributed by atoms with E-state index in [4.69, 9.17) is 9.79 Å². The molecular weight excluding hydrogens is 326 g/mol. The summed E-state index contributed by atoms with van der Waals surface area (Å²) >= 11 is 0. The van der Waals surface area contributed by atoms with Crippen LogP contribution < -0.4 is 0 Å². The molecular formula is C16H35KO4P. The molecule has 22 heavy (non-hydrogen) atoms. The smallest absolute Gasteiger partial charge is 0.303 e. The maximum atomic E-state index is 10.4. The zero-order chi connectivity index (χ0) is 15.8. The fourth-order valence-corrected chi connectivity index (χ4v) is 2.85. The Labute approximate surface area is 179 Å². The Balaban J connectivity index is 0. The van der Waals surface area contributed by atoms with Gasteiger partial charge in [0.15, 0.2) is 0 Å². The maximum Gasteiger partial charge on any atom is 0.469 e. The Morgan fingerprint density at radius 2 is 1.00 bits per heavy atom. The van der Waals surface area contributed by atoms with E-state index in [0.717, 1.165) is 19.3 Å². The van der Waals surface area contributed by atoms with Crippen LogP contribution in [0.25, 0.3) is 0 Å². The second-order valence-electron chi connectivity index (χ2n) is 5.92. The molecule has 0 bridgehead atoms. The molecule has 0 atom stereocenters. The molecule has 0 saturated carbocycles. The van der Waals surface area contributed by atoms with Gasteiger partial charge in [-0.15, -0.1) is 0 Å². The van der Waals surface area contributed by atoms with E-state index >= 15 is 0 Å². The first-order valence-electron chi connectivity index (χ1n) is 8.76. The van der Waals surface area contributed by atoms with Crippen molar-refractivity contribution in [2.24, 2.45) is 0 Å². The Bertz CT molecular complexity index is 259. The van der Waals surface area contributed by atoms with Crippen LogP contribution in [-0.2, 0) is 9.09 Å². The maximum absolute atomic E-state index is 10.4. The van der Waals surface area contributed by atoms with E-state index < -0.39 is 7.82 Å². The van der Waals surface area contributed by atoms with Crippen molar-refractivity contribution in [2.45, 2.75) is 96.8 Å². The van der Waals surface area contributed by atoms with Crippen molar-refractivity contribution < 1.29 is 18.9 Å². The third-order valence-corrected chi connectivity index (χ3v) is 4.28. The molecule has 0 fully saturated rings. The van der Waals surface area contributed by atoms with Gasteiger partial charge in [0.1, 0.15) is 0 Å². The third-order valence-electron chi connectivity index (χ3n) is 3.76. The summed E-state index contributed by atoms with van der Waals surface area (Å²) in [4.78, 5) is 17.0. The largest absolute Gasteiger partial charge is 0.469 e. The molecule has 0 aromatic rings. The number of phosphoric ester groups is 1. The van der Waals surface area contributed by atoms with Gasteiger partial charge >= 0.3 is 7.82 Å². The summed E-state index contributed by atoms with van der Waals surface area (Å²) in [5, 5.41) is 0. The summed E-state index contributed by atoms with van der Waals surface area (Å²) in [5.41, 5.74) is 0. The molecule has 0 aliphatic rings. The second-order valence-corrected chi connectivity index (χ2v) is 7.16. The van der Waals surface area contributed by atoms with Gasteiger partial charge in [0.25, 0.3) is 0 Å². The molecule has 0 aromatic heterocycles. The predicted octanol–water partition coefficient (Wildman–Crippen LogP) is 5.20. The average molecular weight is 362 g/mol. The Morgan fingerprint density at radius 1 is 0.682 bits per heavy atom. The molecule has 129 valence electrons. The van der Waals surface area contributed by atoms with Crippen molar-refractivity contribution in [2.75, 3.05) is 6.61 Å². The van der Waals surface area contributed by atoms with Gasteiger partial charge in [0, 0.05) is 51.4 Å². The fraction of sp³-hybridized carbons (Fsp3) is 1.00. The van der Waals surface area contributed by atoms with Crippen LogP contribution in [0.5, 0.6) is 0 Å². The first kappa shape index (κ1) is 26.0. The van der Waals surface area contributed by atoms with Gasteiger partial charge in [-0.3, -0.25) is 4.52 Å². The minimum Gasteiger partial charge on any atom is -0.303 e. The van der Waals surface area contributed by atoms with Gasteiger partial charge in [-0.2, -0.15) is 0 Å². The molecule has 0 saturated heterocycles. The number of rotatable bonds is 16. The van der Waals surface area contributed by atoms with Crippen molar-refractivity contribution in [1.29, 1.82) is 0 Å². The van der Waals surface area contributed by atoms with E-state index in [9.17, 15) is 4.57 Å². The van der Waals surface area contributed by atoms with Crippen molar-refractivity contribution in [3.8, 4) is 0 Å². The predicted molar refractivity (Wildman–Crippen MR) is 94.1 cm³/mol. The molecule has 0 unspecified atom stereocenters. The van der Waals surface area contributed by atoms with E-state index in [1.807, 2.05) is 0 Å². The zero-order valence-corrected chi connectivity index (χ0v) is 18.8. The van der Waals surface area contributed by atoms with E-state index in [1.54, 1.807) is 0 Å². The van der Waals surface area contributed by atoms with Gasteiger partial charge in [0.2, 0.25) is 0 Å². The molecule has 0 rings (SSSR count). The third kappa shape index (κ3) is 24.0. The van der Waals surface area contributed by atoms with Crippen molar-refractivity contribution in [1.82, 2.24) is 0 Å². The quantitative estimate of drug-likeness (QED) is 0.225. The molecule has 0 aliphatic carbocycles. The molecule has 4 nitrogen and oxygen atoms in total. The summed E-state index contributed by atoms with van der Waals surface area (Å²) in [7, 11) is -4.25. The Hall–Kier alpha value is 1.75. The van der Waals surface area contributed by atoms with Crippen LogP contribution in [0.1, 0.15) is 96.8 Å². The van der Waals surface area contributed by atoms with Gasteiger partial charge < -0.3 is 9.79 Å². The van der Waals surface area contributed by atoms with E-state index in [1.165, 1.54) is 70.6 Å². The Kier molecular flexibility index (Phi) is 22.5. The van der Waals surface area contributed by atoms with Crippen molar-refractivity contribution in [3.05, 3.63) is 0 Å². The van der Waals surface area contributed by atoms with Crippen LogP contribution >= 0.6 is 7.82 Å². The molecule has 0 heterocycles. The average Bonchev–Trinajstić information content (AvgIpc) is 2.42. The van der Waals surface area contributed by atoms with Crippen LogP contribution in [0.4, 0.5) is 0 Å². The molecule has 0 spiro atoms. The number of unbranched alkanes of at least 4 members (excludes halogenated alkanes) is 13. The summed E-state index contributed by atoms with van der Waals surface area (Å²) in [6, 6.07) is 0. The van der Waals surface area contributed by atoms with E-state index in [0.29, 0.717) is 0 Å². The van der Waals surface area contributed by atoms with Crippen molar-refractivity contribution in [3.63, 3.8) is 0 Å². The number of hydrogen-bond donors (Lipinski definition) is 2. The van der Waals surface area contributed by atoms with Crippen LogP contribution in [0.3, 0.4) is 0 Å². The molecule has 1 radical (unpaired) electrons. The van der Waals surface area contributed by atoms with Gasteiger partial charge in [-0.1, -0.05) is 90.4 Å².